The molecule has 5 aliphatic rings. The van der Waals surface area contributed by atoms with Gasteiger partial charge in [-0.25, -0.2) is 5.01 Å². The monoisotopic (exact) mass is 540 g/mol. The van der Waals surface area contributed by atoms with E-state index in [4.69, 9.17) is 5.73 Å². The average Bonchev–Trinajstić information content (AvgIpc) is 3.45. The summed E-state index contributed by atoms with van der Waals surface area (Å²) in [5.41, 5.74) is 14.1. The van der Waals surface area contributed by atoms with E-state index in [-0.39, 0.29) is 0 Å². The highest BCUT2D eigenvalue weighted by atomic mass is 15.5. The molecule has 1 aliphatic heterocycles. The molecule has 4 saturated carbocycles. The van der Waals surface area contributed by atoms with Crippen molar-refractivity contribution in [1.29, 1.82) is 10.5 Å². The lowest BCUT2D eigenvalue weighted by Crippen LogP contribution is -2.48. The zero-order valence-electron chi connectivity index (χ0n) is 23.8. The number of nitrogens with two attached hydrogens (primary N) is 1. The number of hydrogen-bond acceptors (Lipinski definition) is 5. The quantitative estimate of drug-likeness (QED) is 0.361. The Bertz CT molecular complexity index is 1590. The van der Waals surface area contributed by atoms with Crippen LogP contribution in [0.1, 0.15) is 61.0 Å². The molecule has 0 amide bonds. The SMILES string of the molecule is Cc1cc(/C=C(/C#N)C2=NN(c3ccccc3)[C@@H](N)[C@H]2C#N)c(C)n1-c1ccc(C23CC4CC(CC(C4)C2)C3)cc1. The molecule has 0 radical (unpaired) electrons. The van der Waals surface area contributed by atoms with Gasteiger partial charge in [0, 0.05) is 17.1 Å². The van der Waals surface area contributed by atoms with Crippen LogP contribution in [0.15, 0.2) is 71.3 Å². The van der Waals surface area contributed by atoms with Gasteiger partial charge >= 0.3 is 0 Å². The second kappa shape index (κ2) is 9.75. The maximum absolute atomic E-state index is 10.2. The summed E-state index contributed by atoms with van der Waals surface area (Å²) in [4.78, 5) is 0. The van der Waals surface area contributed by atoms with Crippen molar-refractivity contribution in [3.63, 3.8) is 0 Å². The van der Waals surface area contributed by atoms with Crippen LogP contribution in [0, 0.1) is 60.2 Å². The summed E-state index contributed by atoms with van der Waals surface area (Å²) >= 11 is 0. The van der Waals surface area contributed by atoms with Gasteiger partial charge in [-0.15, -0.1) is 0 Å². The van der Waals surface area contributed by atoms with Gasteiger partial charge in [-0.05, 0) is 123 Å². The second-order valence-corrected chi connectivity index (χ2v) is 12.8. The van der Waals surface area contributed by atoms with Crippen LogP contribution in [0.3, 0.4) is 0 Å². The fourth-order valence-corrected chi connectivity index (χ4v) is 8.80. The highest BCUT2D eigenvalue weighted by Crippen LogP contribution is 2.60. The third kappa shape index (κ3) is 4.21. The molecule has 4 fully saturated rings. The van der Waals surface area contributed by atoms with Crippen LogP contribution < -0.4 is 10.7 Å². The number of anilines is 1. The Balaban J connectivity index is 1.19. The van der Waals surface area contributed by atoms with Gasteiger partial charge in [0.1, 0.15) is 18.2 Å². The zero-order valence-corrected chi connectivity index (χ0v) is 23.8. The van der Waals surface area contributed by atoms with Crippen LogP contribution in [0.25, 0.3) is 11.8 Å². The normalized spacial score (nSPS) is 30.3. The predicted molar refractivity (Wildman–Crippen MR) is 162 cm³/mol. The first-order chi connectivity index (χ1) is 19.9. The number of nitriles is 2. The predicted octanol–water partition coefficient (Wildman–Crippen LogP) is 6.77. The van der Waals surface area contributed by atoms with Gasteiger partial charge in [-0.3, -0.25) is 0 Å². The molecule has 0 saturated heterocycles. The summed E-state index contributed by atoms with van der Waals surface area (Å²) in [6.45, 7) is 4.18. The van der Waals surface area contributed by atoms with Crippen LogP contribution >= 0.6 is 0 Å². The van der Waals surface area contributed by atoms with Crippen LogP contribution in [0.5, 0.6) is 0 Å². The molecule has 206 valence electrons. The van der Waals surface area contributed by atoms with E-state index in [0.717, 1.165) is 46.1 Å². The first kappa shape index (κ1) is 25.8. The van der Waals surface area contributed by atoms with E-state index >= 15 is 0 Å². The smallest absolute Gasteiger partial charge is 0.127 e. The lowest BCUT2D eigenvalue weighted by atomic mass is 9.48. The van der Waals surface area contributed by atoms with E-state index in [0.29, 0.717) is 16.7 Å². The van der Waals surface area contributed by atoms with Crippen molar-refractivity contribution in [3.8, 4) is 17.8 Å². The molecule has 2 heterocycles. The van der Waals surface area contributed by atoms with E-state index in [1.54, 1.807) is 5.01 Å². The Labute approximate surface area is 242 Å². The van der Waals surface area contributed by atoms with Crippen LogP contribution in [0.4, 0.5) is 5.69 Å². The molecule has 2 N–H and O–H groups in total. The Hall–Kier alpha value is -4.13. The van der Waals surface area contributed by atoms with Crippen molar-refractivity contribution in [1.82, 2.24) is 4.57 Å². The van der Waals surface area contributed by atoms with Crippen molar-refractivity contribution in [2.45, 2.75) is 64.0 Å². The maximum Gasteiger partial charge on any atom is 0.127 e. The van der Waals surface area contributed by atoms with Crippen LogP contribution in [-0.4, -0.2) is 16.4 Å². The van der Waals surface area contributed by atoms with Crippen LogP contribution in [0.2, 0.25) is 0 Å². The van der Waals surface area contributed by atoms with E-state index in [2.05, 4.69) is 66.0 Å². The zero-order chi connectivity index (χ0) is 28.3. The fourth-order valence-electron chi connectivity index (χ4n) is 8.80. The topological polar surface area (TPSA) is 94.1 Å². The lowest BCUT2D eigenvalue weighted by molar-refractivity contribution is -0.00518. The molecule has 4 bridgehead atoms. The number of allylic oxidation sites excluding steroid dienone is 1. The molecule has 41 heavy (non-hydrogen) atoms. The van der Waals surface area contributed by atoms with Gasteiger partial charge in [0.15, 0.2) is 0 Å². The standard InChI is InChI=1S/C35H36N6/c1-22-12-27(16-28(20-36)33-32(21-37)34(38)41(39-33)31-6-4-3-5-7-31)23(2)40(22)30-10-8-29(9-11-30)35-17-24-13-25(18-35)15-26(14-24)19-35/h3-12,16,24-26,32,34H,13-15,17-19,38H2,1-2H3/b28-16-/t24?,25?,26?,32-,34+,35?/m0/s1. The highest BCUT2D eigenvalue weighted by Gasteiger charge is 2.51. The average molecular weight is 541 g/mol. The Morgan fingerprint density at radius 2 is 1.56 bits per heavy atom. The maximum atomic E-state index is 10.2. The number of benzene rings is 2. The summed E-state index contributed by atoms with van der Waals surface area (Å²) in [5, 5.41) is 26.4. The molecular formula is C35H36N6. The minimum atomic E-state index is -0.707. The number of hydrogen-bond donors (Lipinski definition) is 1. The van der Waals surface area contributed by atoms with E-state index < -0.39 is 12.1 Å². The molecule has 6 heteroatoms. The second-order valence-electron chi connectivity index (χ2n) is 12.8. The van der Waals surface area contributed by atoms with Crippen molar-refractivity contribution < 1.29 is 0 Å². The molecule has 3 aromatic rings. The van der Waals surface area contributed by atoms with Gasteiger partial charge in [-0.2, -0.15) is 15.6 Å². The molecule has 4 aliphatic carbocycles. The summed E-state index contributed by atoms with van der Waals surface area (Å²) in [7, 11) is 0. The molecule has 0 unspecified atom stereocenters. The lowest BCUT2D eigenvalue weighted by Gasteiger charge is -2.57. The van der Waals surface area contributed by atoms with Crippen molar-refractivity contribution in [3.05, 3.63) is 88.8 Å². The number of nitrogens with zero attached hydrogens (tertiary/aromatic N) is 5. The molecule has 2 atom stereocenters. The molecule has 2 aromatic carbocycles. The van der Waals surface area contributed by atoms with Gasteiger partial charge in [0.2, 0.25) is 0 Å². The van der Waals surface area contributed by atoms with E-state index in [1.807, 2.05) is 36.4 Å². The van der Waals surface area contributed by atoms with Gasteiger partial charge in [0.05, 0.1) is 23.0 Å². The Morgan fingerprint density at radius 3 is 2.15 bits per heavy atom. The van der Waals surface area contributed by atoms with Gasteiger partial charge in [0.25, 0.3) is 0 Å². The highest BCUT2D eigenvalue weighted by molar-refractivity contribution is 6.11. The van der Waals surface area contributed by atoms with Crippen molar-refractivity contribution in [2.24, 2.45) is 34.5 Å². The third-order valence-electron chi connectivity index (χ3n) is 10.2. The minimum Gasteiger partial charge on any atom is -0.318 e. The number of hydrazone groups is 1. The Kier molecular flexibility index (Phi) is 6.14. The molecule has 6 nitrogen and oxygen atoms in total. The number of para-hydroxylation sites is 1. The van der Waals surface area contributed by atoms with Crippen molar-refractivity contribution >= 4 is 17.5 Å². The number of rotatable bonds is 5. The van der Waals surface area contributed by atoms with Gasteiger partial charge in [-0.1, -0.05) is 30.3 Å². The third-order valence-corrected chi connectivity index (χ3v) is 10.2. The summed E-state index contributed by atoms with van der Waals surface area (Å²) in [6.07, 6.45) is 9.66. The number of aromatic nitrogens is 1. The van der Waals surface area contributed by atoms with E-state index in [1.165, 1.54) is 44.1 Å². The van der Waals surface area contributed by atoms with Crippen molar-refractivity contribution in [2.75, 3.05) is 5.01 Å². The van der Waals surface area contributed by atoms with Gasteiger partial charge < -0.3 is 10.3 Å². The molecule has 1 aromatic heterocycles. The summed E-state index contributed by atoms with van der Waals surface area (Å²) < 4.78 is 2.25. The van der Waals surface area contributed by atoms with Crippen LogP contribution in [-0.2, 0) is 5.41 Å². The summed E-state index contributed by atoms with van der Waals surface area (Å²) in [5.74, 6) is 2.08. The first-order valence-electron chi connectivity index (χ1n) is 14.9. The number of aryl methyl sites for hydroxylation is 1. The molecule has 8 rings (SSSR count). The van der Waals surface area contributed by atoms with E-state index in [9.17, 15) is 10.5 Å². The summed E-state index contributed by atoms with van der Waals surface area (Å²) in [6, 6.07) is 25.5. The molecule has 0 spiro atoms. The first-order valence-corrected chi connectivity index (χ1v) is 14.9. The minimum absolute atomic E-state index is 0.364. The Morgan fingerprint density at radius 1 is 0.927 bits per heavy atom. The largest absolute Gasteiger partial charge is 0.318 e. The fraction of sp³-hybridized carbons (Fsp3) is 0.400. The molecular weight excluding hydrogens is 504 g/mol.